The Labute approximate surface area is 665 Å². The van der Waals surface area contributed by atoms with E-state index in [-0.39, 0.29) is 108 Å². The number of alkyl carbamates (subject to hydrolysis) is 1. The fourth-order valence-corrected chi connectivity index (χ4v) is 17.5. The summed E-state index contributed by atoms with van der Waals surface area (Å²) in [4.78, 5) is 88.8. The van der Waals surface area contributed by atoms with Crippen LogP contribution in [0.5, 0.6) is 23.0 Å². The molecule has 4 amide bonds. The van der Waals surface area contributed by atoms with Crippen LogP contribution in [-0.2, 0) is 71.4 Å². The molecule has 2 aliphatic carbocycles. The van der Waals surface area contributed by atoms with Crippen molar-refractivity contribution < 1.29 is 120 Å². The van der Waals surface area contributed by atoms with Crippen LogP contribution in [0.3, 0.4) is 0 Å². The smallest absolute Gasteiger partial charge is 0.411 e. The zero-order valence-electron chi connectivity index (χ0n) is 64.2. The minimum atomic E-state index is -2.23. The lowest BCUT2D eigenvalue weighted by molar-refractivity contribution is -0.337. The van der Waals surface area contributed by atoms with Crippen LogP contribution >= 0.6 is 55.9 Å². The average Bonchev–Trinajstić information content (AvgIpc) is 1.18. The molecule has 35 heteroatoms. The van der Waals surface area contributed by atoms with Gasteiger partial charge in [0.2, 0.25) is 34.9 Å². The van der Waals surface area contributed by atoms with Crippen molar-refractivity contribution in [2.75, 3.05) is 61.1 Å². The van der Waals surface area contributed by atoms with Crippen LogP contribution in [0.25, 0.3) is 0 Å². The number of amides is 4. The van der Waals surface area contributed by atoms with Crippen LogP contribution in [0, 0.1) is 34.2 Å². The zero-order chi connectivity index (χ0) is 80.3. The Kier molecular flexibility index (Phi) is 31.0. The van der Waals surface area contributed by atoms with Gasteiger partial charge >= 0.3 is 6.09 Å². The zero-order valence-corrected chi connectivity index (χ0v) is 68.8. The Morgan fingerprint density at radius 3 is 2.23 bits per heavy atom. The summed E-state index contributed by atoms with van der Waals surface area (Å²) in [5, 5.41) is 56.9. The molecule has 8 N–H and O–H groups in total. The number of likely N-dealkylation sites (N-methyl/N-ethyl adjacent to an activating group) is 1. The van der Waals surface area contributed by atoms with Crippen molar-refractivity contribution in [3.8, 4) is 46.7 Å². The third kappa shape index (κ3) is 21.8. The van der Waals surface area contributed by atoms with E-state index in [9.17, 15) is 49.2 Å². The number of allylic oxidation sites excluding steroid dienone is 3. The number of rotatable bonds is 30. The Hall–Kier alpha value is -6.15. The number of carbonyl (C=O) groups is 6. The van der Waals surface area contributed by atoms with Gasteiger partial charge in [-0.3, -0.25) is 34.1 Å². The summed E-state index contributed by atoms with van der Waals surface area (Å²) in [5.74, 6) is 10.9. The predicted octanol–water partition coefficient (Wildman–Crippen LogP) is 5.55. The van der Waals surface area contributed by atoms with Crippen molar-refractivity contribution in [3.63, 3.8) is 0 Å². The monoisotopic (exact) mass is 1710 g/mol. The first-order chi connectivity index (χ1) is 52.2. The second-order valence-corrected chi connectivity index (χ2v) is 33.8. The van der Waals surface area contributed by atoms with Gasteiger partial charge in [0.1, 0.15) is 42.4 Å². The van der Waals surface area contributed by atoms with E-state index in [1.54, 1.807) is 62.9 Å². The number of epoxide rings is 1. The number of carbonyl (C=O) groups excluding carboxylic acids is 6. The molecule has 5 heterocycles. The number of hydrogen-bond acceptors (Lipinski definition) is 30. The highest BCUT2D eigenvalue weighted by Crippen LogP contribution is 2.50. The number of aliphatic hydroxyl groups excluding tert-OH is 3. The summed E-state index contributed by atoms with van der Waals surface area (Å²) in [7, 11) is 9.44. The molecule has 7 aliphatic rings. The lowest BCUT2D eigenvalue weighted by Crippen LogP contribution is -2.65. The lowest BCUT2D eigenvalue weighted by atomic mass is 9.75. The molecule has 31 nitrogen and oxygen atoms in total. The van der Waals surface area contributed by atoms with E-state index in [1.165, 1.54) is 69.1 Å². The number of methoxy groups -OCH3 is 5. The summed E-state index contributed by atoms with van der Waals surface area (Å²) < 4.78 is 84.0. The molecule has 5 aliphatic heterocycles. The number of aliphatic hydroxyl groups is 4. The van der Waals surface area contributed by atoms with Crippen LogP contribution in [0.1, 0.15) is 123 Å². The molecule has 0 saturated carbocycles. The molecule has 0 spiro atoms. The van der Waals surface area contributed by atoms with Crippen LogP contribution in [0.15, 0.2) is 64.4 Å². The first kappa shape index (κ1) is 87.8. The minimum Gasteiger partial charge on any atom is -0.493 e. The highest BCUT2D eigenvalue weighted by molar-refractivity contribution is 14.1. The summed E-state index contributed by atoms with van der Waals surface area (Å²) in [6.07, 6.45) is -14.1. The van der Waals surface area contributed by atoms with Gasteiger partial charge in [0.15, 0.2) is 48.0 Å². The van der Waals surface area contributed by atoms with Crippen LogP contribution in [0.4, 0.5) is 4.79 Å². The Morgan fingerprint density at radius 1 is 0.855 bits per heavy atom. The normalized spacial score (nSPS) is 30.8. The van der Waals surface area contributed by atoms with E-state index in [1.807, 2.05) is 64.1 Å². The number of ether oxygens (including phenoxy) is 14. The van der Waals surface area contributed by atoms with E-state index in [0.717, 1.165) is 24.4 Å². The lowest BCUT2D eigenvalue weighted by Gasteiger charge is -2.47. The molecule has 604 valence electrons. The number of nitrogens with one attached hydrogen (secondary N) is 4. The van der Waals surface area contributed by atoms with Crippen molar-refractivity contribution in [1.82, 2.24) is 26.4 Å². The highest BCUT2D eigenvalue weighted by Gasteiger charge is 2.59. The second kappa shape index (κ2) is 38.8. The molecule has 9 rings (SSSR count). The Morgan fingerprint density at radius 2 is 1.57 bits per heavy atom. The topological polar surface area (TPSA) is 389 Å². The number of ketones is 1. The second-order valence-electron chi connectivity index (χ2n) is 28.5. The van der Waals surface area contributed by atoms with E-state index in [4.69, 9.17) is 71.2 Å². The fourth-order valence-electron chi connectivity index (χ4n) is 13.3. The van der Waals surface area contributed by atoms with Gasteiger partial charge in [0, 0.05) is 74.1 Å². The maximum absolute atomic E-state index is 14.6. The molecule has 5 saturated heterocycles. The van der Waals surface area contributed by atoms with E-state index >= 15 is 0 Å². The molecular formula is C75H99IN6O25S3. The molecule has 110 heavy (non-hydrogen) atoms. The minimum absolute atomic E-state index is 0.0157. The predicted molar refractivity (Wildman–Crippen MR) is 412 cm³/mol. The van der Waals surface area contributed by atoms with Gasteiger partial charge in [-0.15, -0.1) is 0 Å². The van der Waals surface area contributed by atoms with Crippen LogP contribution in [0.2, 0.25) is 0 Å². The Balaban J connectivity index is 0.918. The number of nitrogens with zero attached hydrogens (tertiary/aromatic N) is 2. The average molecular weight is 1710 g/mol. The summed E-state index contributed by atoms with van der Waals surface area (Å²) >= 11 is 2.82. The fraction of sp³-hybridized carbons (Fsp3) is 0.613. The SMILES string of the molecule is CCN(C(C)=O)C1COC(OC2C(O[C@H]3C#C/C=C\C#C[C@]4(O)CC(=O)C(NC(=O)OC)=C3/C4=C\CSSC(C)(C)CC(=O)NN=C(C)c3ccc(OCCC(=O)NC(C)(C)C)cc3)OC(C)C(NOC3CC(O)C(SC(=O)c4c(C)c(I)c(OC5OC6OC6C(OC)C5O)c(OC)c4OC)C(C)O3)C2O)CC1OC. The van der Waals surface area contributed by atoms with Gasteiger partial charge in [0.25, 0.3) is 0 Å². The van der Waals surface area contributed by atoms with Crippen LogP contribution < -0.4 is 40.5 Å². The largest absolute Gasteiger partial charge is 0.493 e. The van der Waals surface area contributed by atoms with Gasteiger partial charge in [-0.05, 0) is 139 Å². The van der Waals surface area contributed by atoms with Crippen molar-refractivity contribution in [2.45, 2.75) is 234 Å². The number of hydrazone groups is 1. The summed E-state index contributed by atoms with van der Waals surface area (Å²) in [6.45, 7) is 19.9. The molecule has 2 bridgehead atoms. The van der Waals surface area contributed by atoms with Crippen molar-refractivity contribution >= 4 is 96.4 Å². The number of fused-ring (bicyclic) bond motifs is 3. The summed E-state index contributed by atoms with van der Waals surface area (Å²) in [5.41, 5.74) is 4.32. The standard InChI is InChI=1S/C75H99IN6O25S3/c1-17-82(41(6)83)45-36-99-52(33-49(45)93-12)103-64-59(88)57(81-107-53-32-46(84)67(40(5)100-53)109-68(90)54-37(2)56(76)62(65(96-15)61(54)94-13)104-69-60(89)63(95-14)66-71(105-66)106-69)39(4)101-70(64)102-48-22-20-18-19-21-29-75(92)34-47(85)58(77-72(91)97-16)55(48)44(75)28-31-108-110-74(10,11)35-51(87)80-79-38(3)42-23-25-43(26-24-42)98-30-27-50(86)78-73(7,8)9/h18-19,23-26,28,39-40,45-46,48-49,52-53,57,59-60,63-64,66-67,69-71,81,84,88-89,92H,17,27,30-36H2,1-16H3,(H,77,91)(H,78,86)(H,80,87)/b19-18-,44-28+,79-38?/t39?,40?,45?,46?,48-,49?,52?,53?,57?,59?,60?,63?,64?,66?,67?,69?,70?,71?,75-/m0/s1. The highest BCUT2D eigenvalue weighted by atomic mass is 127. The third-order valence-electron chi connectivity index (χ3n) is 18.8. The molecule has 19 atom stereocenters. The molecule has 5 fully saturated rings. The Bertz CT molecular complexity index is 3920. The van der Waals surface area contributed by atoms with Gasteiger partial charge in [-0.1, -0.05) is 63.1 Å². The number of benzene rings is 2. The molecule has 0 radical (unpaired) electrons. The van der Waals surface area contributed by atoms with E-state index in [0.29, 0.717) is 27.1 Å². The van der Waals surface area contributed by atoms with Crippen LogP contribution in [-0.4, -0.2) is 253 Å². The molecule has 0 aromatic heterocycles. The molecule has 2 aromatic carbocycles. The van der Waals surface area contributed by atoms with Gasteiger partial charge in [-0.25, -0.2) is 10.2 Å². The van der Waals surface area contributed by atoms with E-state index < -0.39 is 144 Å². The van der Waals surface area contributed by atoms with Crippen molar-refractivity contribution in [1.29, 1.82) is 0 Å². The maximum Gasteiger partial charge on any atom is 0.411 e. The van der Waals surface area contributed by atoms with Crippen molar-refractivity contribution in [2.24, 2.45) is 5.10 Å². The number of halogens is 1. The number of Topliss-reactive ketones (excluding diaryl/α,β-unsaturated/α-hetero) is 1. The molecular weight excluding hydrogens is 1610 g/mol. The van der Waals surface area contributed by atoms with Gasteiger partial charge < -0.3 is 97.0 Å². The number of thioether (sulfide) groups is 1. The first-order valence-corrected chi connectivity index (χ1v) is 40.0. The van der Waals surface area contributed by atoms with E-state index in [2.05, 4.69) is 50.3 Å². The number of hydroxylamine groups is 1. The molecule has 2 aromatic rings. The quantitative estimate of drug-likeness (QED) is 0.00904. The first-order valence-electron chi connectivity index (χ1n) is 35.7. The number of hydrogen-bond donors (Lipinski definition) is 8. The summed E-state index contributed by atoms with van der Waals surface area (Å²) in [6, 6.07) is 5.37. The molecule has 17 unspecified atom stereocenters. The van der Waals surface area contributed by atoms with Gasteiger partial charge in [0.05, 0.1) is 110 Å². The van der Waals surface area contributed by atoms with Gasteiger partial charge in [-0.2, -0.15) is 10.6 Å². The van der Waals surface area contributed by atoms with Crippen molar-refractivity contribution in [3.05, 3.63) is 79.6 Å². The third-order valence-corrected chi connectivity index (χ3v) is 24.6. The maximum atomic E-state index is 14.6.